The van der Waals surface area contributed by atoms with E-state index in [-0.39, 0.29) is 28.8 Å². The number of nitrogens with zero attached hydrogens (tertiary/aromatic N) is 4. The lowest BCUT2D eigenvalue weighted by Gasteiger charge is -2.27. The zero-order valence-electron chi connectivity index (χ0n) is 21.0. The molecule has 5 rings (SSSR count). The van der Waals surface area contributed by atoms with Crippen LogP contribution in [0.3, 0.4) is 0 Å². The van der Waals surface area contributed by atoms with Gasteiger partial charge in [-0.15, -0.1) is 0 Å². The Balaban J connectivity index is 1.66. The fraction of sp³-hybridized carbons (Fsp3) is 0.370. The topological polar surface area (TPSA) is 82.5 Å². The lowest BCUT2D eigenvalue weighted by atomic mass is 10.1. The van der Waals surface area contributed by atoms with Gasteiger partial charge in [0.25, 0.3) is 11.8 Å². The second-order valence-electron chi connectivity index (χ2n) is 9.78. The minimum Gasteiger partial charge on any atom is -0.376 e. The molecule has 1 saturated heterocycles. The largest absolute Gasteiger partial charge is 0.376 e. The molecular formula is C27H29ClF2N6O2. The Kier molecular flexibility index (Phi) is 7.00. The van der Waals surface area contributed by atoms with E-state index in [1.54, 1.807) is 42.3 Å². The third-order valence-electron chi connectivity index (χ3n) is 7.06. The van der Waals surface area contributed by atoms with Gasteiger partial charge in [-0.2, -0.15) is 0 Å². The van der Waals surface area contributed by atoms with Crippen molar-refractivity contribution in [3.63, 3.8) is 0 Å². The molecule has 2 aliphatic rings. The predicted molar refractivity (Wildman–Crippen MR) is 146 cm³/mol. The van der Waals surface area contributed by atoms with Gasteiger partial charge in [0.2, 0.25) is 11.9 Å². The molecular weight excluding hydrogens is 514 g/mol. The Morgan fingerprint density at radius 3 is 2.76 bits per heavy atom. The van der Waals surface area contributed by atoms with Crippen LogP contribution in [-0.4, -0.2) is 65.4 Å². The molecule has 0 bridgehead atoms. The average molecular weight is 543 g/mol. The molecule has 2 aromatic carbocycles. The molecule has 11 heteroatoms. The van der Waals surface area contributed by atoms with Crippen LogP contribution in [-0.2, 0) is 4.79 Å². The molecule has 38 heavy (non-hydrogen) atoms. The van der Waals surface area contributed by atoms with E-state index >= 15 is 0 Å². The summed E-state index contributed by atoms with van der Waals surface area (Å²) in [5, 5.41) is 5.99. The molecule has 0 radical (unpaired) electrons. The van der Waals surface area contributed by atoms with Crippen molar-refractivity contribution in [2.75, 3.05) is 48.8 Å². The third kappa shape index (κ3) is 4.92. The first-order valence-corrected chi connectivity index (χ1v) is 12.9. The van der Waals surface area contributed by atoms with Gasteiger partial charge >= 0.3 is 0 Å². The SMILES string of the molecule is C=CC(=O)N1CCCC[C@@H](n2c(NC(=O)c3ccccc3)nc3cc4c(c(Cl)c32)NCC(F)(F)CN4C)C1. The van der Waals surface area contributed by atoms with Crippen LogP contribution >= 0.6 is 11.6 Å². The number of fused-ring (bicyclic) bond motifs is 2. The van der Waals surface area contributed by atoms with E-state index in [1.165, 1.54) is 11.0 Å². The van der Waals surface area contributed by atoms with Gasteiger partial charge in [0, 0.05) is 25.7 Å². The van der Waals surface area contributed by atoms with Crippen molar-refractivity contribution >= 4 is 51.8 Å². The highest BCUT2D eigenvalue weighted by molar-refractivity contribution is 6.38. The van der Waals surface area contributed by atoms with Gasteiger partial charge in [-0.1, -0.05) is 36.4 Å². The maximum absolute atomic E-state index is 14.4. The first-order chi connectivity index (χ1) is 18.2. The molecule has 3 aromatic rings. The molecule has 1 atom stereocenters. The highest BCUT2D eigenvalue weighted by atomic mass is 35.5. The summed E-state index contributed by atoms with van der Waals surface area (Å²) in [4.78, 5) is 33.6. The van der Waals surface area contributed by atoms with Gasteiger partial charge in [0.1, 0.15) is 0 Å². The van der Waals surface area contributed by atoms with Gasteiger partial charge in [0.15, 0.2) is 0 Å². The Bertz CT molecular complexity index is 1390. The highest BCUT2D eigenvalue weighted by Gasteiger charge is 2.36. The van der Waals surface area contributed by atoms with Crippen molar-refractivity contribution in [1.82, 2.24) is 14.5 Å². The predicted octanol–water partition coefficient (Wildman–Crippen LogP) is 5.18. The molecule has 1 fully saturated rings. The molecule has 8 nitrogen and oxygen atoms in total. The quantitative estimate of drug-likeness (QED) is 0.444. The second kappa shape index (κ2) is 10.2. The summed E-state index contributed by atoms with van der Waals surface area (Å²) in [5.41, 5.74) is 2.31. The Hall–Kier alpha value is -3.66. The number of anilines is 3. The summed E-state index contributed by atoms with van der Waals surface area (Å²) in [6.45, 7) is 3.53. The summed E-state index contributed by atoms with van der Waals surface area (Å²) >= 11 is 6.94. The highest BCUT2D eigenvalue weighted by Crippen LogP contribution is 2.44. The van der Waals surface area contributed by atoms with Crippen molar-refractivity contribution in [2.45, 2.75) is 31.2 Å². The number of likely N-dealkylation sites (tertiary alicyclic amines) is 1. The minimum atomic E-state index is -2.95. The first kappa shape index (κ1) is 26.0. The molecule has 200 valence electrons. The Labute approximate surface area is 224 Å². The van der Waals surface area contributed by atoms with Crippen LogP contribution in [0.2, 0.25) is 5.02 Å². The van der Waals surface area contributed by atoms with Crippen LogP contribution in [0.4, 0.5) is 26.1 Å². The summed E-state index contributed by atoms with van der Waals surface area (Å²) in [7, 11) is 1.58. The van der Waals surface area contributed by atoms with Crippen molar-refractivity contribution in [2.24, 2.45) is 0 Å². The van der Waals surface area contributed by atoms with Gasteiger partial charge in [-0.25, -0.2) is 13.8 Å². The number of alkyl halides is 2. The molecule has 1 aromatic heterocycles. The molecule has 2 aliphatic heterocycles. The molecule has 2 amide bonds. The number of carbonyl (C=O) groups excluding carboxylic acids is 2. The van der Waals surface area contributed by atoms with Crippen molar-refractivity contribution in [1.29, 1.82) is 0 Å². The zero-order valence-corrected chi connectivity index (χ0v) is 21.8. The minimum absolute atomic E-state index is 0.179. The van der Waals surface area contributed by atoms with E-state index in [1.807, 2.05) is 10.6 Å². The zero-order chi connectivity index (χ0) is 27.0. The van der Waals surface area contributed by atoms with Gasteiger partial charge in [0.05, 0.1) is 46.6 Å². The maximum Gasteiger partial charge on any atom is 0.282 e. The summed E-state index contributed by atoms with van der Waals surface area (Å²) < 4.78 is 30.6. The fourth-order valence-electron chi connectivity index (χ4n) is 5.24. The lowest BCUT2D eigenvalue weighted by molar-refractivity contribution is -0.126. The smallest absolute Gasteiger partial charge is 0.282 e. The Morgan fingerprint density at radius 1 is 1.26 bits per heavy atom. The number of hydrogen-bond donors (Lipinski definition) is 2. The number of nitrogens with one attached hydrogen (secondary N) is 2. The number of aromatic nitrogens is 2. The van der Waals surface area contributed by atoms with Crippen LogP contribution in [0.5, 0.6) is 0 Å². The average Bonchev–Trinajstić information content (AvgIpc) is 3.01. The molecule has 0 unspecified atom stereocenters. The van der Waals surface area contributed by atoms with E-state index < -0.39 is 19.0 Å². The number of halogens is 3. The van der Waals surface area contributed by atoms with Crippen LogP contribution in [0.25, 0.3) is 11.0 Å². The van der Waals surface area contributed by atoms with E-state index in [0.29, 0.717) is 47.5 Å². The lowest BCUT2D eigenvalue weighted by Crippen LogP contribution is -2.36. The van der Waals surface area contributed by atoms with Crippen molar-refractivity contribution in [3.8, 4) is 0 Å². The van der Waals surface area contributed by atoms with E-state index in [4.69, 9.17) is 16.6 Å². The normalized spacial score (nSPS) is 19.2. The summed E-state index contributed by atoms with van der Waals surface area (Å²) in [5.74, 6) is -3.20. The van der Waals surface area contributed by atoms with Crippen molar-refractivity contribution in [3.05, 3.63) is 59.6 Å². The molecule has 0 saturated carbocycles. The van der Waals surface area contributed by atoms with Crippen LogP contribution in [0.1, 0.15) is 35.7 Å². The maximum atomic E-state index is 14.4. The van der Waals surface area contributed by atoms with E-state index in [9.17, 15) is 18.4 Å². The first-order valence-electron chi connectivity index (χ1n) is 12.5. The van der Waals surface area contributed by atoms with Crippen molar-refractivity contribution < 1.29 is 18.4 Å². The van der Waals surface area contributed by atoms with E-state index in [0.717, 1.165) is 12.8 Å². The summed E-state index contributed by atoms with van der Waals surface area (Å²) in [6.07, 6.45) is 3.66. The number of carbonyl (C=O) groups is 2. The molecule has 0 spiro atoms. The number of imidazole rings is 1. The monoisotopic (exact) mass is 542 g/mol. The standard InChI is InChI=1S/C27H29ClF2N6O2/c1-3-21(37)35-12-8-7-11-18(14-35)36-24-19(32-26(36)33-25(38)17-9-5-4-6-10-17)13-20-23(22(24)28)31-15-27(29,30)16-34(20)2/h3-6,9-10,13,18,31H,1,7-8,11-12,14-16H2,2H3,(H,32,33,38)/t18-/m1/s1. The van der Waals surface area contributed by atoms with Crippen LogP contribution < -0.4 is 15.5 Å². The molecule has 0 aliphatic carbocycles. The molecule has 2 N–H and O–H groups in total. The van der Waals surface area contributed by atoms with E-state index in [2.05, 4.69) is 17.2 Å². The van der Waals surface area contributed by atoms with Gasteiger partial charge in [-0.05, 0) is 43.5 Å². The Morgan fingerprint density at radius 2 is 2.03 bits per heavy atom. The number of rotatable bonds is 4. The number of hydrogen-bond acceptors (Lipinski definition) is 5. The van der Waals surface area contributed by atoms with Gasteiger partial charge in [-0.3, -0.25) is 14.9 Å². The third-order valence-corrected chi connectivity index (χ3v) is 7.43. The molecule has 3 heterocycles. The fourth-order valence-corrected chi connectivity index (χ4v) is 5.59. The number of benzene rings is 2. The second-order valence-corrected chi connectivity index (χ2v) is 10.2. The summed E-state index contributed by atoms with van der Waals surface area (Å²) in [6, 6.07) is 10.2. The van der Waals surface area contributed by atoms with Gasteiger partial charge < -0.3 is 19.7 Å². The number of amides is 2. The van der Waals surface area contributed by atoms with Crippen LogP contribution in [0.15, 0.2) is 49.1 Å². The van der Waals surface area contributed by atoms with Crippen LogP contribution in [0, 0.1) is 0 Å².